The van der Waals surface area contributed by atoms with Gasteiger partial charge in [0.15, 0.2) is 5.11 Å². The summed E-state index contributed by atoms with van der Waals surface area (Å²) < 4.78 is 8.61. The first kappa shape index (κ1) is 21.5. The Bertz CT molecular complexity index is 1060. The molecule has 0 bridgehead atoms. The van der Waals surface area contributed by atoms with Crippen LogP contribution >= 0.6 is 12.2 Å². The van der Waals surface area contributed by atoms with Crippen LogP contribution in [-0.2, 0) is 24.4 Å². The van der Waals surface area contributed by atoms with Crippen LogP contribution in [0.25, 0.3) is 0 Å². The molecular formula is C21H26N6O2S. The number of nitrogens with one attached hydrogen (secondary N) is 2. The number of carbonyl (C=O) groups excluding carboxylic acids is 1. The number of benzene rings is 1. The fourth-order valence-corrected chi connectivity index (χ4v) is 3.35. The fourth-order valence-electron chi connectivity index (χ4n) is 3.17. The molecule has 0 fully saturated rings. The van der Waals surface area contributed by atoms with Crippen molar-refractivity contribution in [3.63, 3.8) is 0 Å². The van der Waals surface area contributed by atoms with Crippen LogP contribution in [0.15, 0.2) is 36.7 Å². The summed E-state index contributed by atoms with van der Waals surface area (Å²) in [5, 5.41) is 15.8. The number of carbonyl (C=O) groups is 1. The molecule has 0 aliphatic rings. The number of hydrogen-bond acceptors (Lipinski definition) is 5. The summed E-state index contributed by atoms with van der Waals surface area (Å²) >= 11 is 5.45. The number of esters is 1. The molecule has 0 aliphatic carbocycles. The lowest BCUT2D eigenvalue weighted by Gasteiger charge is -2.11. The van der Waals surface area contributed by atoms with Crippen LogP contribution in [0.1, 0.15) is 39.8 Å². The highest BCUT2D eigenvalue weighted by atomic mass is 32.1. The number of thiocarbonyl (C=S) groups is 1. The molecule has 3 rings (SSSR count). The quantitative estimate of drug-likeness (QED) is 0.444. The largest absolute Gasteiger partial charge is 0.465 e. The highest BCUT2D eigenvalue weighted by molar-refractivity contribution is 7.80. The molecule has 0 saturated heterocycles. The number of hydrogen-bond donors (Lipinski definition) is 2. The molecule has 2 aromatic heterocycles. The van der Waals surface area contributed by atoms with E-state index in [2.05, 4.69) is 20.8 Å². The molecule has 30 heavy (non-hydrogen) atoms. The van der Waals surface area contributed by atoms with E-state index in [1.807, 2.05) is 60.7 Å². The van der Waals surface area contributed by atoms with E-state index < -0.39 is 0 Å². The second kappa shape index (κ2) is 9.53. The van der Waals surface area contributed by atoms with Gasteiger partial charge in [0.1, 0.15) is 0 Å². The van der Waals surface area contributed by atoms with Crippen molar-refractivity contribution < 1.29 is 9.53 Å². The molecule has 8 nitrogen and oxygen atoms in total. The highest BCUT2D eigenvalue weighted by Gasteiger charge is 2.16. The monoisotopic (exact) mass is 426 g/mol. The number of aryl methyl sites for hydroxylation is 2. The molecule has 0 radical (unpaired) electrons. The average Bonchev–Trinajstić information content (AvgIpc) is 3.32. The second-order valence-corrected chi connectivity index (χ2v) is 7.27. The van der Waals surface area contributed by atoms with E-state index in [4.69, 9.17) is 17.0 Å². The summed E-state index contributed by atoms with van der Waals surface area (Å²) in [5.74, 6) is -0.359. The van der Waals surface area contributed by atoms with E-state index in [-0.39, 0.29) is 5.97 Å². The zero-order chi connectivity index (χ0) is 21.7. The van der Waals surface area contributed by atoms with Crippen LogP contribution in [0, 0.1) is 13.8 Å². The lowest BCUT2D eigenvalue weighted by Crippen LogP contribution is -2.28. The minimum atomic E-state index is -0.359. The Morgan fingerprint density at radius 1 is 1.27 bits per heavy atom. The van der Waals surface area contributed by atoms with Gasteiger partial charge in [-0.25, -0.2) is 4.79 Å². The zero-order valence-electron chi connectivity index (χ0n) is 17.6. The molecule has 0 unspecified atom stereocenters. The van der Waals surface area contributed by atoms with Crippen LogP contribution in [0.3, 0.4) is 0 Å². The van der Waals surface area contributed by atoms with Gasteiger partial charge in [0.2, 0.25) is 0 Å². The van der Waals surface area contributed by atoms with Gasteiger partial charge in [0, 0.05) is 24.8 Å². The Labute approximate surface area is 181 Å². The standard InChI is InChI=1S/C21H26N6O2S/c1-5-26-12-16(11-23-26)10-22-21(30)24-19-14(2)25-27(15(19)3)13-17-8-6-7-9-18(17)20(28)29-4/h6-9,11-12H,5,10,13H2,1-4H3,(H2,22,24,30). The number of aromatic nitrogens is 4. The Morgan fingerprint density at radius 3 is 2.73 bits per heavy atom. The summed E-state index contributed by atoms with van der Waals surface area (Å²) in [6.07, 6.45) is 3.81. The molecule has 0 amide bonds. The molecule has 0 aliphatic heterocycles. The van der Waals surface area contributed by atoms with Crippen molar-refractivity contribution in [1.82, 2.24) is 24.9 Å². The number of rotatable bonds is 7. The van der Waals surface area contributed by atoms with Crippen molar-refractivity contribution in [1.29, 1.82) is 0 Å². The molecule has 9 heteroatoms. The Morgan fingerprint density at radius 2 is 2.03 bits per heavy atom. The molecule has 158 valence electrons. The number of nitrogens with zero attached hydrogens (tertiary/aromatic N) is 4. The van der Waals surface area contributed by atoms with E-state index in [0.717, 1.165) is 34.7 Å². The van der Waals surface area contributed by atoms with E-state index in [9.17, 15) is 4.79 Å². The SMILES string of the molecule is CCn1cc(CNC(=S)Nc2c(C)nn(Cc3ccccc3C(=O)OC)c2C)cn1. The zero-order valence-corrected chi connectivity index (χ0v) is 18.4. The van der Waals surface area contributed by atoms with Gasteiger partial charge in [0.25, 0.3) is 0 Å². The molecule has 0 saturated carbocycles. The van der Waals surface area contributed by atoms with Gasteiger partial charge in [-0.1, -0.05) is 18.2 Å². The average molecular weight is 427 g/mol. The van der Waals surface area contributed by atoms with Gasteiger partial charge in [-0.3, -0.25) is 9.36 Å². The summed E-state index contributed by atoms with van der Waals surface area (Å²) in [7, 11) is 1.38. The van der Waals surface area contributed by atoms with Crippen molar-refractivity contribution in [2.75, 3.05) is 12.4 Å². The lowest BCUT2D eigenvalue weighted by atomic mass is 10.1. The molecule has 2 heterocycles. The molecule has 2 N–H and O–H groups in total. The number of methoxy groups -OCH3 is 1. The van der Waals surface area contributed by atoms with Crippen LogP contribution in [0.5, 0.6) is 0 Å². The molecule has 0 spiro atoms. The first-order chi connectivity index (χ1) is 14.4. The van der Waals surface area contributed by atoms with E-state index in [1.54, 1.807) is 6.07 Å². The maximum absolute atomic E-state index is 12.0. The van der Waals surface area contributed by atoms with E-state index >= 15 is 0 Å². The topological polar surface area (TPSA) is 86.0 Å². The van der Waals surface area contributed by atoms with E-state index in [1.165, 1.54) is 7.11 Å². The van der Waals surface area contributed by atoms with Gasteiger partial charge in [-0.15, -0.1) is 0 Å². The molecular weight excluding hydrogens is 400 g/mol. The number of ether oxygens (including phenoxy) is 1. The summed E-state index contributed by atoms with van der Waals surface area (Å²) in [6, 6.07) is 7.37. The van der Waals surface area contributed by atoms with Crippen molar-refractivity contribution in [2.45, 2.75) is 40.4 Å². The predicted molar refractivity (Wildman–Crippen MR) is 120 cm³/mol. The van der Waals surface area contributed by atoms with Crippen LogP contribution in [0.2, 0.25) is 0 Å². The third kappa shape index (κ3) is 4.85. The minimum absolute atomic E-state index is 0.359. The Balaban J connectivity index is 1.70. The Kier molecular flexibility index (Phi) is 6.83. The van der Waals surface area contributed by atoms with Gasteiger partial charge < -0.3 is 15.4 Å². The van der Waals surface area contributed by atoms with Gasteiger partial charge in [-0.2, -0.15) is 10.2 Å². The smallest absolute Gasteiger partial charge is 0.338 e. The van der Waals surface area contributed by atoms with Gasteiger partial charge in [0.05, 0.1) is 42.5 Å². The summed E-state index contributed by atoms with van der Waals surface area (Å²) in [5.41, 5.74) is 5.04. The van der Waals surface area contributed by atoms with Crippen molar-refractivity contribution >= 4 is 29.0 Å². The third-order valence-electron chi connectivity index (χ3n) is 4.83. The maximum Gasteiger partial charge on any atom is 0.338 e. The summed E-state index contributed by atoms with van der Waals surface area (Å²) in [6.45, 7) is 7.81. The van der Waals surface area contributed by atoms with Crippen LogP contribution in [0.4, 0.5) is 5.69 Å². The van der Waals surface area contributed by atoms with Crippen molar-refractivity contribution in [3.05, 3.63) is 64.7 Å². The third-order valence-corrected chi connectivity index (χ3v) is 5.07. The molecule has 0 atom stereocenters. The fraction of sp³-hybridized carbons (Fsp3) is 0.333. The minimum Gasteiger partial charge on any atom is -0.465 e. The predicted octanol–water partition coefficient (Wildman–Crippen LogP) is 3.04. The van der Waals surface area contributed by atoms with Gasteiger partial charge in [-0.05, 0) is 44.6 Å². The summed E-state index contributed by atoms with van der Waals surface area (Å²) in [4.78, 5) is 12.0. The maximum atomic E-state index is 12.0. The van der Waals surface area contributed by atoms with Crippen LogP contribution in [-0.4, -0.2) is 37.8 Å². The normalized spacial score (nSPS) is 10.7. The lowest BCUT2D eigenvalue weighted by molar-refractivity contribution is 0.0599. The first-order valence-corrected chi connectivity index (χ1v) is 10.1. The Hall–Kier alpha value is -3.20. The first-order valence-electron chi connectivity index (χ1n) is 9.69. The van der Waals surface area contributed by atoms with Gasteiger partial charge >= 0.3 is 5.97 Å². The highest BCUT2D eigenvalue weighted by Crippen LogP contribution is 2.21. The number of anilines is 1. The van der Waals surface area contributed by atoms with E-state index in [0.29, 0.717) is 23.8 Å². The second-order valence-electron chi connectivity index (χ2n) is 6.86. The van der Waals surface area contributed by atoms with Crippen molar-refractivity contribution in [2.24, 2.45) is 0 Å². The van der Waals surface area contributed by atoms with Crippen LogP contribution < -0.4 is 10.6 Å². The molecule has 3 aromatic rings. The molecule has 1 aromatic carbocycles. The van der Waals surface area contributed by atoms with Crippen molar-refractivity contribution in [3.8, 4) is 0 Å².